The van der Waals surface area contributed by atoms with E-state index in [1.807, 2.05) is 4.90 Å². The van der Waals surface area contributed by atoms with Crippen molar-refractivity contribution in [3.05, 3.63) is 0 Å². The number of thioether (sulfide) groups is 1. The Labute approximate surface area is 62.6 Å². The molecule has 0 aromatic heterocycles. The van der Waals surface area contributed by atoms with E-state index in [-0.39, 0.29) is 11.3 Å². The van der Waals surface area contributed by atoms with E-state index in [1.165, 1.54) is 0 Å². The largest absolute Gasteiger partial charge is 0.320 e. The average Bonchev–Trinajstić information content (AvgIpc) is 2.30. The van der Waals surface area contributed by atoms with Gasteiger partial charge in [-0.1, -0.05) is 12.2 Å². The molecule has 0 aliphatic carbocycles. The van der Waals surface area contributed by atoms with Crippen LogP contribution in [-0.2, 0) is 4.79 Å². The molecule has 0 aromatic rings. The van der Waals surface area contributed by atoms with Gasteiger partial charge in [0.15, 0.2) is 0 Å². The highest BCUT2D eigenvalue weighted by Crippen LogP contribution is 2.32. The molecule has 2 aliphatic rings. The van der Waals surface area contributed by atoms with Crippen molar-refractivity contribution >= 4 is 34.8 Å². The van der Waals surface area contributed by atoms with Gasteiger partial charge in [0.2, 0.25) is 0 Å². The monoisotopic (exact) mass is 159 g/mol. The van der Waals surface area contributed by atoms with Crippen molar-refractivity contribution in [2.24, 2.45) is 0 Å². The number of carbonyl (C=O) groups is 1. The zero-order chi connectivity index (χ0) is 6.43. The summed E-state index contributed by atoms with van der Waals surface area (Å²) in [5.41, 5.74) is 0. The maximum Gasteiger partial charge on any atom is 0.264 e. The molecule has 0 unspecified atom stereocenters. The summed E-state index contributed by atoms with van der Waals surface area (Å²) in [5.74, 6) is 1.14. The van der Waals surface area contributed by atoms with Crippen LogP contribution in [0.15, 0.2) is 0 Å². The number of carbonyl (C=O) groups excluding carboxylic acids is 1. The quantitative estimate of drug-likeness (QED) is 0.374. The van der Waals surface area contributed by atoms with Crippen molar-refractivity contribution in [3.63, 3.8) is 0 Å². The van der Waals surface area contributed by atoms with E-state index in [9.17, 15) is 4.79 Å². The summed E-state index contributed by atoms with van der Waals surface area (Å²) in [6.07, 6.45) is 0. The van der Waals surface area contributed by atoms with Crippen LogP contribution in [0.25, 0.3) is 0 Å². The number of β-lactam (4-membered cyclic amide) rings is 1. The van der Waals surface area contributed by atoms with Gasteiger partial charge < -0.3 is 4.90 Å². The summed E-state index contributed by atoms with van der Waals surface area (Å²) in [7, 11) is 0. The highest BCUT2D eigenvalue weighted by atomic mass is 32.2. The molecule has 0 spiro atoms. The van der Waals surface area contributed by atoms with E-state index in [0.29, 0.717) is 4.86 Å². The predicted octanol–water partition coefficient (Wildman–Crippen LogP) is 0.271. The molecule has 2 nitrogen and oxygen atoms in total. The third-order valence-corrected chi connectivity index (χ3v) is 3.36. The zero-order valence-electron chi connectivity index (χ0n) is 4.66. The molecule has 2 fully saturated rings. The highest BCUT2D eigenvalue weighted by molar-refractivity contribution is 8.02. The van der Waals surface area contributed by atoms with Crippen molar-refractivity contribution in [2.75, 3.05) is 12.3 Å². The van der Waals surface area contributed by atoms with Gasteiger partial charge in [-0.25, -0.2) is 0 Å². The van der Waals surface area contributed by atoms with Gasteiger partial charge in [-0.3, -0.25) is 4.79 Å². The fourth-order valence-corrected chi connectivity index (χ4v) is 2.68. The van der Waals surface area contributed by atoms with Crippen LogP contribution < -0.4 is 0 Å². The molecule has 4 heteroatoms. The summed E-state index contributed by atoms with van der Waals surface area (Å²) in [6, 6.07) is 0. The van der Waals surface area contributed by atoms with Crippen LogP contribution >= 0.6 is 24.0 Å². The van der Waals surface area contributed by atoms with E-state index in [1.54, 1.807) is 11.8 Å². The van der Waals surface area contributed by atoms with Crippen molar-refractivity contribution in [2.45, 2.75) is 5.37 Å². The van der Waals surface area contributed by atoms with Crippen molar-refractivity contribution in [1.29, 1.82) is 0 Å². The molecule has 2 heterocycles. The lowest BCUT2D eigenvalue weighted by Gasteiger charge is -2.33. The number of thiocarbonyl (C=S) groups is 1. The van der Waals surface area contributed by atoms with Gasteiger partial charge in [-0.2, -0.15) is 0 Å². The molecule has 0 bridgehead atoms. The molecule has 2 aliphatic heterocycles. The molecule has 2 rings (SSSR count). The van der Waals surface area contributed by atoms with Crippen LogP contribution in [0, 0.1) is 0 Å². The highest BCUT2D eigenvalue weighted by Gasteiger charge is 2.45. The third kappa shape index (κ3) is 0.576. The number of hydrogen-bond donors (Lipinski definition) is 0. The Morgan fingerprint density at radius 2 is 2.56 bits per heavy atom. The number of fused-ring (bicyclic) bond motifs is 1. The maximum absolute atomic E-state index is 10.8. The SMILES string of the molecule is O=C1C(=S)[C@@H]2SCCN12. The molecule has 0 aromatic carbocycles. The molecule has 1 amide bonds. The summed E-state index contributed by atoms with van der Waals surface area (Å²) < 4.78 is 0. The topological polar surface area (TPSA) is 20.3 Å². The number of hydrogen-bond acceptors (Lipinski definition) is 3. The van der Waals surface area contributed by atoms with Gasteiger partial charge >= 0.3 is 0 Å². The van der Waals surface area contributed by atoms with Crippen molar-refractivity contribution in [1.82, 2.24) is 4.90 Å². The summed E-state index contributed by atoms with van der Waals surface area (Å²) in [6.45, 7) is 0.897. The Kier molecular flexibility index (Phi) is 1.07. The number of rotatable bonds is 0. The molecule has 1 atom stereocenters. The second kappa shape index (κ2) is 1.70. The van der Waals surface area contributed by atoms with Gasteiger partial charge in [0.25, 0.3) is 5.91 Å². The van der Waals surface area contributed by atoms with Crippen LogP contribution in [0.1, 0.15) is 0 Å². The summed E-state index contributed by atoms with van der Waals surface area (Å²) >= 11 is 6.60. The van der Waals surface area contributed by atoms with Gasteiger partial charge in [0.05, 0.1) is 0 Å². The van der Waals surface area contributed by atoms with Crippen molar-refractivity contribution in [3.8, 4) is 0 Å². The molecule has 0 saturated carbocycles. The maximum atomic E-state index is 10.8. The molecule has 48 valence electrons. The average molecular weight is 159 g/mol. The lowest BCUT2D eigenvalue weighted by molar-refractivity contribution is -0.127. The minimum absolute atomic E-state index is 0.0833. The fourth-order valence-electron chi connectivity index (χ4n) is 1.08. The van der Waals surface area contributed by atoms with E-state index in [4.69, 9.17) is 12.2 Å². The first-order valence-electron chi connectivity index (χ1n) is 2.77. The minimum atomic E-state index is 0.0833. The zero-order valence-corrected chi connectivity index (χ0v) is 6.30. The van der Waals surface area contributed by atoms with Gasteiger partial charge in [-0.15, -0.1) is 11.8 Å². The Balaban J connectivity index is 2.23. The van der Waals surface area contributed by atoms with Gasteiger partial charge in [0, 0.05) is 12.3 Å². The molecule has 0 N–H and O–H groups in total. The second-order valence-electron chi connectivity index (χ2n) is 2.09. The molecule has 0 radical (unpaired) electrons. The molecular formula is C5H5NOS2. The summed E-state index contributed by atoms with van der Waals surface area (Å²) in [4.78, 5) is 13.3. The molecule has 2 saturated heterocycles. The Hall–Kier alpha value is -0.0900. The Morgan fingerprint density at radius 3 is 3.22 bits per heavy atom. The predicted molar refractivity (Wildman–Crippen MR) is 40.6 cm³/mol. The Morgan fingerprint density at radius 1 is 1.78 bits per heavy atom. The first-order chi connectivity index (χ1) is 4.30. The first-order valence-corrected chi connectivity index (χ1v) is 4.23. The molecule has 9 heavy (non-hydrogen) atoms. The van der Waals surface area contributed by atoms with Crippen LogP contribution in [0.3, 0.4) is 0 Å². The fraction of sp³-hybridized carbons (Fsp3) is 0.600. The number of nitrogens with zero attached hydrogens (tertiary/aromatic N) is 1. The smallest absolute Gasteiger partial charge is 0.264 e. The van der Waals surface area contributed by atoms with Crippen LogP contribution in [0.4, 0.5) is 0 Å². The van der Waals surface area contributed by atoms with Crippen LogP contribution in [-0.4, -0.2) is 33.3 Å². The van der Waals surface area contributed by atoms with Gasteiger partial charge in [-0.05, 0) is 0 Å². The van der Waals surface area contributed by atoms with Gasteiger partial charge in [0.1, 0.15) is 10.2 Å². The van der Waals surface area contributed by atoms with E-state index in [2.05, 4.69) is 0 Å². The van der Waals surface area contributed by atoms with E-state index >= 15 is 0 Å². The first kappa shape index (κ1) is 5.68. The Bertz CT molecular complexity index is 171. The van der Waals surface area contributed by atoms with Crippen LogP contribution in [0.5, 0.6) is 0 Å². The van der Waals surface area contributed by atoms with E-state index < -0.39 is 0 Å². The normalized spacial score (nSPS) is 32.4. The standard InChI is InChI=1S/C5H5NOS2/c7-4-3(8)5-6(4)1-2-9-5/h5H,1-2H2/t5-/m0/s1. The lowest BCUT2D eigenvalue weighted by Crippen LogP contribution is -2.55. The lowest BCUT2D eigenvalue weighted by atomic mass is 10.2. The van der Waals surface area contributed by atoms with Crippen molar-refractivity contribution < 1.29 is 4.79 Å². The molecular weight excluding hydrogens is 154 g/mol. The second-order valence-corrected chi connectivity index (χ2v) is 3.71. The third-order valence-electron chi connectivity index (χ3n) is 1.59. The summed E-state index contributed by atoms with van der Waals surface area (Å²) in [5, 5.41) is 0.271. The van der Waals surface area contributed by atoms with Crippen LogP contribution in [0.2, 0.25) is 0 Å². The number of amides is 1. The van der Waals surface area contributed by atoms with E-state index in [0.717, 1.165) is 12.3 Å². The minimum Gasteiger partial charge on any atom is -0.320 e.